The zero-order chi connectivity index (χ0) is 30.6. The van der Waals surface area contributed by atoms with Gasteiger partial charge in [-0.2, -0.15) is 20.5 Å². The lowest BCUT2D eigenvalue weighted by atomic mass is 9.88. The molecule has 3 saturated heterocycles. The van der Waals surface area contributed by atoms with E-state index in [9.17, 15) is 14.9 Å². The van der Waals surface area contributed by atoms with Crippen molar-refractivity contribution >= 4 is 45.6 Å². The van der Waals surface area contributed by atoms with Crippen LogP contribution in [0.2, 0.25) is 0 Å². The molecule has 0 aliphatic carbocycles. The quantitative estimate of drug-likeness (QED) is 0.371. The largest absolute Gasteiger partial charge is 0.461 e. The number of nitrogens with two attached hydrogens (primary N) is 2. The number of thioether (sulfide) groups is 1. The molecule has 0 unspecified atom stereocenters. The predicted molar refractivity (Wildman–Crippen MR) is 169 cm³/mol. The normalized spacial score (nSPS) is 23.2. The summed E-state index contributed by atoms with van der Waals surface area (Å²) in [6.45, 7) is 5.64. The number of fused-ring (bicyclic) bond motifs is 3. The van der Waals surface area contributed by atoms with Crippen molar-refractivity contribution in [3.8, 4) is 18.1 Å². The van der Waals surface area contributed by atoms with Crippen LogP contribution in [0, 0.1) is 22.7 Å². The summed E-state index contributed by atoms with van der Waals surface area (Å²) in [5, 5.41) is 20.9. The number of nitrogens with zero attached hydrogens (tertiary/aromatic N) is 8. The van der Waals surface area contributed by atoms with Crippen LogP contribution >= 0.6 is 23.1 Å². The molecular formula is C30H33FN10OS2. The molecule has 4 aliphatic heterocycles. The number of nitrogen functional groups attached to an aromatic ring is 2. The Kier molecular flexibility index (Phi) is 7.19. The Balaban J connectivity index is 1.24. The van der Waals surface area contributed by atoms with Crippen LogP contribution in [-0.4, -0.2) is 70.9 Å². The second kappa shape index (κ2) is 10.9. The van der Waals surface area contributed by atoms with E-state index < -0.39 is 6.17 Å². The minimum atomic E-state index is -0.872. The van der Waals surface area contributed by atoms with Crippen molar-refractivity contribution in [2.24, 2.45) is 0 Å². The SMILES string of the molecule is CCN(Cc1cccnc1N)c1nc(OC[C@@]23CCCN2C[C@H](F)C3)nc(N2CC3(C2)SCc2sc(N)c(C#N)c23)c1C#N. The standard InChI is InChI=1S/C30H33FN10OS2/c1-2-39(12-18-5-3-7-36-24(18)34)26-21(11-33)27(38-28(37-26)42-17-29-6-4-8-41(29)13-19(31)9-29)40-15-30(16-40)23-20(10-32)25(35)44-22(23)14-43-30/h3,5,7,19H,2,4,6,8-9,12-17,35H2,1H3,(H2,34,36)/t19-,29+/m1/s1. The Labute approximate surface area is 263 Å². The summed E-state index contributed by atoms with van der Waals surface area (Å²) in [4.78, 5) is 21.2. The van der Waals surface area contributed by atoms with Crippen molar-refractivity contribution in [3.63, 3.8) is 0 Å². The molecule has 3 aromatic heterocycles. The first-order valence-corrected chi connectivity index (χ1v) is 16.6. The number of thiophene rings is 1. The molecular weight excluding hydrogens is 600 g/mol. The number of hydrogen-bond donors (Lipinski definition) is 2. The lowest BCUT2D eigenvalue weighted by Gasteiger charge is -2.48. The minimum Gasteiger partial charge on any atom is -0.461 e. The number of alkyl halides is 1. The van der Waals surface area contributed by atoms with Crippen LogP contribution in [0.3, 0.4) is 0 Å². The summed E-state index contributed by atoms with van der Waals surface area (Å²) < 4.78 is 20.5. The van der Waals surface area contributed by atoms with E-state index in [0.717, 1.165) is 41.1 Å². The molecule has 0 saturated carbocycles. The third-order valence-electron chi connectivity index (χ3n) is 9.41. The van der Waals surface area contributed by atoms with Crippen molar-refractivity contribution in [1.82, 2.24) is 19.9 Å². The van der Waals surface area contributed by atoms with Gasteiger partial charge in [0.2, 0.25) is 0 Å². The van der Waals surface area contributed by atoms with Crippen molar-refractivity contribution in [2.45, 2.75) is 54.9 Å². The van der Waals surface area contributed by atoms with Gasteiger partial charge in [0.15, 0.2) is 11.6 Å². The maximum atomic E-state index is 14.5. The lowest BCUT2D eigenvalue weighted by molar-refractivity contribution is 0.107. The summed E-state index contributed by atoms with van der Waals surface area (Å²) in [5.74, 6) is 2.16. The number of anilines is 4. The fourth-order valence-corrected chi connectivity index (χ4v) is 10.1. The van der Waals surface area contributed by atoms with Crippen LogP contribution in [0.5, 0.6) is 6.01 Å². The molecule has 44 heavy (non-hydrogen) atoms. The lowest BCUT2D eigenvalue weighted by Crippen LogP contribution is -2.57. The van der Waals surface area contributed by atoms with E-state index in [4.69, 9.17) is 26.2 Å². The van der Waals surface area contributed by atoms with Gasteiger partial charge in [-0.1, -0.05) is 6.07 Å². The van der Waals surface area contributed by atoms with Crippen LogP contribution in [0.1, 0.15) is 53.3 Å². The zero-order valence-electron chi connectivity index (χ0n) is 24.4. The number of rotatable bonds is 8. The average Bonchev–Trinajstić information content (AvgIpc) is 3.72. The van der Waals surface area contributed by atoms with Gasteiger partial charge in [0.25, 0.3) is 0 Å². The van der Waals surface area contributed by atoms with E-state index in [2.05, 4.69) is 26.9 Å². The molecule has 11 nitrogen and oxygen atoms in total. The molecule has 3 fully saturated rings. The van der Waals surface area contributed by atoms with E-state index in [1.807, 2.05) is 35.7 Å². The van der Waals surface area contributed by atoms with Gasteiger partial charge < -0.3 is 26.0 Å². The second-order valence-corrected chi connectivity index (χ2v) is 14.5. The van der Waals surface area contributed by atoms with Crippen molar-refractivity contribution in [3.05, 3.63) is 45.5 Å². The first-order chi connectivity index (χ1) is 21.3. The molecule has 228 valence electrons. The van der Waals surface area contributed by atoms with Crippen molar-refractivity contribution < 1.29 is 9.13 Å². The Morgan fingerprint density at radius 3 is 2.80 bits per heavy atom. The van der Waals surface area contributed by atoms with Crippen LogP contribution in [0.25, 0.3) is 0 Å². The van der Waals surface area contributed by atoms with E-state index >= 15 is 0 Å². The van der Waals surface area contributed by atoms with Gasteiger partial charge in [-0.25, -0.2) is 9.37 Å². The number of ether oxygens (including phenoxy) is 1. The van der Waals surface area contributed by atoms with Crippen molar-refractivity contribution in [1.29, 1.82) is 10.5 Å². The van der Waals surface area contributed by atoms with E-state index in [1.165, 1.54) is 11.3 Å². The Hall–Kier alpha value is -3.85. The predicted octanol–water partition coefficient (Wildman–Crippen LogP) is 3.78. The van der Waals surface area contributed by atoms with Crippen LogP contribution < -0.4 is 26.0 Å². The molecule has 0 radical (unpaired) electrons. The highest BCUT2D eigenvalue weighted by Crippen LogP contribution is 2.58. The molecule has 4 N–H and O–H groups in total. The maximum Gasteiger partial charge on any atom is 0.320 e. The number of nitriles is 2. The number of aromatic nitrogens is 3. The summed E-state index contributed by atoms with van der Waals surface area (Å²) in [7, 11) is 0. The van der Waals surface area contributed by atoms with Gasteiger partial charge in [0.1, 0.15) is 41.3 Å². The third-order valence-corrected chi connectivity index (χ3v) is 12.1. The third kappa shape index (κ3) is 4.59. The molecule has 0 amide bonds. The number of hydrogen-bond acceptors (Lipinski definition) is 13. The first-order valence-electron chi connectivity index (χ1n) is 14.8. The maximum absolute atomic E-state index is 14.5. The van der Waals surface area contributed by atoms with Gasteiger partial charge in [-0.15, -0.1) is 23.1 Å². The fraction of sp³-hybridized carbons (Fsp3) is 0.500. The van der Waals surface area contributed by atoms with Crippen LogP contribution in [0.15, 0.2) is 18.3 Å². The van der Waals surface area contributed by atoms with Gasteiger partial charge in [-0.3, -0.25) is 4.90 Å². The summed E-state index contributed by atoms with van der Waals surface area (Å²) in [6, 6.07) is 8.58. The van der Waals surface area contributed by atoms with Crippen LogP contribution in [-0.2, 0) is 17.0 Å². The smallest absolute Gasteiger partial charge is 0.320 e. The molecule has 0 aromatic carbocycles. The topological polar surface area (TPSA) is 157 Å². The second-order valence-electron chi connectivity index (χ2n) is 12.0. The Bertz CT molecular complexity index is 1700. The van der Waals surface area contributed by atoms with Gasteiger partial charge in [0.05, 0.1) is 15.8 Å². The Morgan fingerprint density at radius 1 is 1.23 bits per heavy atom. The molecule has 4 aliphatic rings. The molecule has 7 rings (SSSR count). The van der Waals surface area contributed by atoms with Gasteiger partial charge >= 0.3 is 6.01 Å². The van der Waals surface area contributed by atoms with Gasteiger partial charge in [0, 0.05) is 67.1 Å². The Morgan fingerprint density at radius 2 is 2.05 bits per heavy atom. The zero-order valence-corrected chi connectivity index (χ0v) is 26.1. The van der Waals surface area contributed by atoms with Gasteiger partial charge in [-0.05, 0) is 32.4 Å². The molecule has 14 heteroatoms. The highest BCUT2D eigenvalue weighted by Gasteiger charge is 2.53. The van der Waals surface area contributed by atoms with Crippen molar-refractivity contribution in [2.75, 3.05) is 60.6 Å². The van der Waals surface area contributed by atoms with E-state index in [1.54, 1.807) is 6.20 Å². The summed E-state index contributed by atoms with van der Waals surface area (Å²) in [6.07, 6.45) is 3.08. The molecule has 0 bridgehead atoms. The molecule has 7 heterocycles. The minimum absolute atomic E-state index is 0.161. The number of halogens is 1. The first kappa shape index (κ1) is 28.9. The monoisotopic (exact) mass is 632 g/mol. The molecule has 2 atom stereocenters. The number of pyridine rings is 1. The van der Waals surface area contributed by atoms with Crippen LogP contribution in [0.4, 0.5) is 26.8 Å². The van der Waals surface area contributed by atoms with E-state index in [-0.39, 0.29) is 22.9 Å². The average molecular weight is 633 g/mol. The highest BCUT2D eigenvalue weighted by molar-refractivity contribution is 8.00. The highest BCUT2D eigenvalue weighted by atomic mass is 32.2. The summed E-state index contributed by atoms with van der Waals surface area (Å²) >= 11 is 3.30. The summed E-state index contributed by atoms with van der Waals surface area (Å²) in [5.41, 5.74) is 14.8. The van der Waals surface area contributed by atoms with E-state index in [0.29, 0.717) is 72.7 Å². The fourth-order valence-electron chi connectivity index (χ4n) is 7.25. The molecule has 1 spiro atoms. The molecule has 3 aromatic rings.